The second kappa shape index (κ2) is 8.25. The summed E-state index contributed by atoms with van der Waals surface area (Å²) in [6, 6.07) is 0.552. The van der Waals surface area contributed by atoms with E-state index in [4.69, 9.17) is 16.3 Å². The summed E-state index contributed by atoms with van der Waals surface area (Å²) >= 11 is 5.88. The Labute approximate surface area is 126 Å². The fourth-order valence-electron chi connectivity index (χ4n) is 1.78. The minimum atomic E-state index is 0.00443. The molecule has 114 valence electrons. The standard InChI is InChI=1S/C14H25ClN4O/c1-9(2)7-6-8-11(5)16-13-17-12(15)18-14(19-13)20-10(3)4/h9-11H,6-8H2,1-5H3,(H,16,17,18,19). The zero-order valence-corrected chi connectivity index (χ0v) is 13.7. The Morgan fingerprint density at radius 2 is 1.75 bits per heavy atom. The van der Waals surface area contributed by atoms with Gasteiger partial charge in [-0.25, -0.2) is 0 Å². The third kappa shape index (κ3) is 6.89. The van der Waals surface area contributed by atoms with Gasteiger partial charge < -0.3 is 10.1 Å². The Morgan fingerprint density at radius 1 is 1.05 bits per heavy atom. The molecule has 1 rings (SSSR count). The molecule has 0 aliphatic rings. The van der Waals surface area contributed by atoms with Gasteiger partial charge in [-0.05, 0) is 44.7 Å². The predicted molar refractivity (Wildman–Crippen MR) is 82.4 cm³/mol. The van der Waals surface area contributed by atoms with Crippen LogP contribution in [0.1, 0.15) is 53.9 Å². The number of aromatic nitrogens is 3. The normalized spacial score (nSPS) is 12.8. The Kier molecular flexibility index (Phi) is 6.99. The quantitative estimate of drug-likeness (QED) is 0.788. The number of hydrogen-bond acceptors (Lipinski definition) is 5. The highest BCUT2D eigenvalue weighted by Gasteiger charge is 2.10. The molecule has 5 nitrogen and oxygen atoms in total. The molecule has 1 N–H and O–H groups in total. The van der Waals surface area contributed by atoms with Gasteiger partial charge in [0, 0.05) is 6.04 Å². The maximum Gasteiger partial charge on any atom is 0.322 e. The van der Waals surface area contributed by atoms with E-state index in [9.17, 15) is 0 Å². The molecule has 1 atom stereocenters. The highest BCUT2D eigenvalue weighted by molar-refractivity contribution is 6.28. The lowest BCUT2D eigenvalue weighted by Gasteiger charge is -2.15. The maximum absolute atomic E-state index is 5.88. The van der Waals surface area contributed by atoms with E-state index in [0.717, 1.165) is 12.3 Å². The molecule has 0 spiro atoms. The summed E-state index contributed by atoms with van der Waals surface area (Å²) in [7, 11) is 0. The van der Waals surface area contributed by atoms with Crippen LogP contribution in [0.15, 0.2) is 0 Å². The topological polar surface area (TPSA) is 59.9 Å². The van der Waals surface area contributed by atoms with Crippen molar-refractivity contribution in [2.75, 3.05) is 5.32 Å². The Morgan fingerprint density at radius 3 is 2.35 bits per heavy atom. The van der Waals surface area contributed by atoms with Crippen LogP contribution in [0.4, 0.5) is 5.95 Å². The first kappa shape index (κ1) is 17.0. The van der Waals surface area contributed by atoms with Gasteiger partial charge in [-0.1, -0.05) is 26.7 Å². The SMILES string of the molecule is CC(C)CCCC(C)Nc1nc(Cl)nc(OC(C)C)n1. The number of nitrogens with one attached hydrogen (secondary N) is 1. The third-order valence-corrected chi connectivity index (χ3v) is 2.89. The molecule has 1 heterocycles. The van der Waals surface area contributed by atoms with E-state index in [1.54, 1.807) is 0 Å². The fourth-order valence-corrected chi connectivity index (χ4v) is 1.94. The van der Waals surface area contributed by atoms with Crippen LogP contribution in [0.25, 0.3) is 0 Å². The van der Waals surface area contributed by atoms with Crippen LogP contribution in [0.2, 0.25) is 5.28 Å². The molecular weight excluding hydrogens is 276 g/mol. The molecule has 0 aromatic carbocycles. The minimum absolute atomic E-state index is 0.00443. The zero-order valence-electron chi connectivity index (χ0n) is 13.0. The lowest BCUT2D eigenvalue weighted by molar-refractivity contribution is 0.222. The van der Waals surface area contributed by atoms with E-state index >= 15 is 0 Å². The van der Waals surface area contributed by atoms with Crippen LogP contribution in [0.3, 0.4) is 0 Å². The van der Waals surface area contributed by atoms with E-state index in [1.807, 2.05) is 13.8 Å². The van der Waals surface area contributed by atoms with Gasteiger partial charge in [-0.2, -0.15) is 15.0 Å². The average Bonchev–Trinajstić information content (AvgIpc) is 2.25. The van der Waals surface area contributed by atoms with Crippen molar-refractivity contribution in [3.05, 3.63) is 5.28 Å². The maximum atomic E-state index is 5.88. The molecule has 0 aliphatic heterocycles. The highest BCUT2D eigenvalue weighted by Crippen LogP contribution is 2.15. The second-order valence-electron chi connectivity index (χ2n) is 5.75. The molecule has 20 heavy (non-hydrogen) atoms. The Balaban J connectivity index is 2.55. The first-order chi connectivity index (χ1) is 9.36. The van der Waals surface area contributed by atoms with Crippen LogP contribution in [-0.2, 0) is 0 Å². The molecule has 1 unspecified atom stereocenters. The molecule has 0 saturated heterocycles. The van der Waals surface area contributed by atoms with Crippen molar-refractivity contribution in [3.63, 3.8) is 0 Å². The van der Waals surface area contributed by atoms with Crippen LogP contribution >= 0.6 is 11.6 Å². The average molecular weight is 301 g/mol. The van der Waals surface area contributed by atoms with Crippen LogP contribution in [-0.4, -0.2) is 27.1 Å². The Hall–Kier alpha value is -1.10. The van der Waals surface area contributed by atoms with Crippen LogP contribution in [0, 0.1) is 5.92 Å². The van der Waals surface area contributed by atoms with Gasteiger partial charge in [-0.3, -0.25) is 0 Å². The number of hydrogen-bond donors (Lipinski definition) is 1. The van der Waals surface area contributed by atoms with Crippen molar-refractivity contribution in [1.82, 2.24) is 15.0 Å². The van der Waals surface area contributed by atoms with Gasteiger partial charge in [0.1, 0.15) is 0 Å². The lowest BCUT2D eigenvalue weighted by Crippen LogP contribution is -2.18. The molecule has 0 radical (unpaired) electrons. The first-order valence-corrected chi connectivity index (χ1v) is 7.59. The van der Waals surface area contributed by atoms with E-state index in [1.165, 1.54) is 12.8 Å². The summed E-state index contributed by atoms with van der Waals surface area (Å²) < 4.78 is 5.44. The monoisotopic (exact) mass is 300 g/mol. The minimum Gasteiger partial charge on any atom is -0.461 e. The summed E-state index contributed by atoms with van der Waals surface area (Å²) in [6.45, 7) is 10.4. The summed E-state index contributed by atoms with van der Waals surface area (Å²) in [5.41, 5.74) is 0. The summed E-state index contributed by atoms with van der Waals surface area (Å²) in [5.74, 6) is 1.21. The molecule has 0 bridgehead atoms. The van der Waals surface area contributed by atoms with Gasteiger partial charge in [0.2, 0.25) is 11.2 Å². The highest BCUT2D eigenvalue weighted by atomic mass is 35.5. The van der Waals surface area contributed by atoms with Crippen LogP contribution in [0.5, 0.6) is 6.01 Å². The molecule has 1 aromatic heterocycles. The third-order valence-electron chi connectivity index (χ3n) is 2.72. The lowest BCUT2D eigenvalue weighted by atomic mass is 10.0. The Bertz CT molecular complexity index is 412. The summed E-state index contributed by atoms with van der Waals surface area (Å²) in [6.07, 6.45) is 3.48. The van der Waals surface area contributed by atoms with Gasteiger partial charge in [-0.15, -0.1) is 0 Å². The largest absolute Gasteiger partial charge is 0.461 e. The molecule has 6 heteroatoms. The fraction of sp³-hybridized carbons (Fsp3) is 0.786. The molecular formula is C14H25ClN4O. The summed E-state index contributed by atoms with van der Waals surface area (Å²) in [4.78, 5) is 12.2. The van der Waals surface area contributed by atoms with E-state index in [0.29, 0.717) is 12.0 Å². The number of ether oxygens (including phenoxy) is 1. The smallest absolute Gasteiger partial charge is 0.322 e. The molecule has 0 fully saturated rings. The van der Waals surface area contributed by atoms with Gasteiger partial charge in [0.05, 0.1) is 6.10 Å². The number of rotatable bonds is 8. The molecule has 0 amide bonds. The van der Waals surface area contributed by atoms with Crippen molar-refractivity contribution in [1.29, 1.82) is 0 Å². The number of nitrogens with zero attached hydrogens (tertiary/aromatic N) is 3. The van der Waals surface area contributed by atoms with Crippen molar-refractivity contribution < 1.29 is 4.74 Å². The van der Waals surface area contributed by atoms with Gasteiger partial charge in [0.15, 0.2) is 0 Å². The number of anilines is 1. The second-order valence-corrected chi connectivity index (χ2v) is 6.09. The summed E-state index contributed by atoms with van der Waals surface area (Å²) in [5, 5.41) is 3.39. The van der Waals surface area contributed by atoms with Crippen molar-refractivity contribution in [2.45, 2.75) is 66.0 Å². The zero-order chi connectivity index (χ0) is 15.1. The molecule has 0 saturated carbocycles. The van der Waals surface area contributed by atoms with E-state index in [-0.39, 0.29) is 17.4 Å². The van der Waals surface area contributed by atoms with Gasteiger partial charge in [0.25, 0.3) is 0 Å². The predicted octanol–water partition coefficient (Wildman–Crippen LogP) is 3.94. The molecule has 1 aromatic rings. The molecule has 0 aliphatic carbocycles. The van der Waals surface area contributed by atoms with Gasteiger partial charge >= 0.3 is 6.01 Å². The van der Waals surface area contributed by atoms with Crippen molar-refractivity contribution in [3.8, 4) is 6.01 Å². The van der Waals surface area contributed by atoms with E-state index < -0.39 is 0 Å². The van der Waals surface area contributed by atoms with E-state index in [2.05, 4.69) is 41.0 Å². The van der Waals surface area contributed by atoms with Crippen molar-refractivity contribution in [2.24, 2.45) is 5.92 Å². The number of halogens is 1. The van der Waals surface area contributed by atoms with Crippen molar-refractivity contribution >= 4 is 17.5 Å². The van der Waals surface area contributed by atoms with Crippen LogP contribution < -0.4 is 10.1 Å². The first-order valence-electron chi connectivity index (χ1n) is 7.21.